The molecular formula is C18H15F4NO3. The molecule has 0 saturated carbocycles. The molecular weight excluding hydrogens is 354 g/mol. The minimum atomic E-state index is -4.60. The second-order valence-electron chi connectivity index (χ2n) is 5.46. The number of benzene rings is 2. The van der Waals surface area contributed by atoms with Crippen molar-refractivity contribution in [3.63, 3.8) is 0 Å². The van der Waals surface area contributed by atoms with E-state index in [1.165, 1.54) is 24.3 Å². The second kappa shape index (κ2) is 7.99. The quantitative estimate of drug-likeness (QED) is 0.650. The number of methoxy groups -OCH3 is 1. The average Bonchev–Trinajstić information content (AvgIpc) is 2.60. The van der Waals surface area contributed by atoms with Gasteiger partial charge >= 0.3 is 12.1 Å². The molecule has 2 aromatic carbocycles. The molecule has 1 N–H and O–H groups in total. The van der Waals surface area contributed by atoms with Gasteiger partial charge in [-0.2, -0.15) is 13.2 Å². The Labute approximate surface area is 146 Å². The predicted octanol–water partition coefficient (Wildman–Crippen LogP) is 3.36. The normalized spacial score (nSPS) is 12.3. The molecule has 26 heavy (non-hydrogen) atoms. The average molecular weight is 369 g/mol. The van der Waals surface area contributed by atoms with Gasteiger partial charge in [0.25, 0.3) is 5.91 Å². The predicted molar refractivity (Wildman–Crippen MR) is 84.8 cm³/mol. The highest BCUT2D eigenvalue weighted by atomic mass is 19.4. The van der Waals surface area contributed by atoms with Crippen molar-refractivity contribution < 1.29 is 31.9 Å². The summed E-state index contributed by atoms with van der Waals surface area (Å²) in [5, 5.41) is 2.33. The van der Waals surface area contributed by atoms with Crippen molar-refractivity contribution in [2.24, 2.45) is 0 Å². The maximum Gasteiger partial charge on any atom is 0.416 e. The van der Waals surface area contributed by atoms with E-state index in [0.717, 1.165) is 19.2 Å². The molecule has 0 unspecified atom stereocenters. The summed E-state index contributed by atoms with van der Waals surface area (Å²) in [7, 11) is 1.11. The summed E-state index contributed by atoms with van der Waals surface area (Å²) in [4.78, 5) is 24.1. The van der Waals surface area contributed by atoms with Crippen molar-refractivity contribution in [1.29, 1.82) is 0 Å². The van der Waals surface area contributed by atoms with Gasteiger partial charge in [-0.1, -0.05) is 18.2 Å². The molecule has 0 spiro atoms. The number of alkyl halides is 3. The molecule has 2 aromatic rings. The highest BCUT2D eigenvalue weighted by Crippen LogP contribution is 2.29. The molecule has 8 heteroatoms. The lowest BCUT2D eigenvalue weighted by Gasteiger charge is -2.17. The molecule has 0 fully saturated rings. The van der Waals surface area contributed by atoms with Gasteiger partial charge in [0.05, 0.1) is 12.7 Å². The van der Waals surface area contributed by atoms with Crippen molar-refractivity contribution in [2.75, 3.05) is 7.11 Å². The largest absolute Gasteiger partial charge is 0.467 e. The zero-order valence-electron chi connectivity index (χ0n) is 13.6. The van der Waals surface area contributed by atoms with E-state index in [-0.39, 0.29) is 12.0 Å². The molecule has 4 nitrogen and oxygen atoms in total. The lowest BCUT2D eigenvalue weighted by atomic mass is 10.0. The molecule has 0 radical (unpaired) electrons. The van der Waals surface area contributed by atoms with E-state index >= 15 is 0 Å². The summed E-state index contributed by atoms with van der Waals surface area (Å²) in [6.45, 7) is 0. The molecule has 1 amide bonds. The number of carbonyl (C=O) groups is 2. The van der Waals surface area contributed by atoms with Crippen LogP contribution in [0.5, 0.6) is 0 Å². The summed E-state index contributed by atoms with van der Waals surface area (Å²) >= 11 is 0. The van der Waals surface area contributed by atoms with Gasteiger partial charge in [-0.25, -0.2) is 9.18 Å². The molecule has 0 aromatic heterocycles. The summed E-state index contributed by atoms with van der Waals surface area (Å²) in [5.41, 5.74) is -0.817. The first-order valence-corrected chi connectivity index (χ1v) is 7.51. The van der Waals surface area contributed by atoms with Crippen LogP contribution >= 0.6 is 0 Å². The lowest BCUT2D eigenvalue weighted by molar-refractivity contribution is -0.143. The van der Waals surface area contributed by atoms with Crippen LogP contribution in [-0.4, -0.2) is 25.0 Å². The van der Waals surface area contributed by atoms with E-state index in [0.29, 0.717) is 11.6 Å². The molecule has 0 aliphatic carbocycles. The molecule has 0 bridgehead atoms. The van der Waals surface area contributed by atoms with E-state index in [4.69, 9.17) is 0 Å². The number of rotatable bonds is 5. The third kappa shape index (κ3) is 5.05. The fourth-order valence-electron chi connectivity index (χ4n) is 2.31. The fourth-order valence-corrected chi connectivity index (χ4v) is 2.31. The Balaban J connectivity index is 2.20. The van der Waals surface area contributed by atoms with Gasteiger partial charge in [-0.3, -0.25) is 4.79 Å². The molecule has 2 rings (SSSR count). The van der Waals surface area contributed by atoms with Crippen LogP contribution in [0.2, 0.25) is 0 Å². The van der Waals surface area contributed by atoms with Crippen LogP contribution in [0.1, 0.15) is 21.5 Å². The summed E-state index contributed by atoms with van der Waals surface area (Å²) in [6.07, 6.45) is -4.67. The van der Waals surface area contributed by atoms with Gasteiger partial charge in [-0.15, -0.1) is 0 Å². The topological polar surface area (TPSA) is 55.4 Å². The van der Waals surface area contributed by atoms with Gasteiger partial charge in [-0.05, 0) is 35.9 Å². The molecule has 0 aliphatic heterocycles. The lowest BCUT2D eigenvalue weighted by Crippen LogP contribution is -2.43. The van der Waals surface area contributed by atoms with Gasteiger partial charge < -0.3 is 10.1 Å². The summed E-state index contributed by atoms with van der Waals surface area (Å²) in [5.74, 6) is -2.19. The number of carbonyl (C=O) groups excluding carboxylic acids is 2. The zero-order chi connectivity index (χ0) is 19.3. The van der Waals surface area contributed by atoms with Crippen LogP contribution in [0.4, 0.5) is 17.6 Å². The van der Waals surface area contributed by atoms with Crippen LogP contribution in [-0.2, 0) is 22.1 Å². The zero-order valence-corrected chi connectivity index (χ0v) is 13.6. The number of hydrogen-bond donors (Lipinski definition) is 1. The first-order chi connectivity index (χ1) is 12.2. The Morgan fingerprint density at radius 2 is 1.81 bits per heavy atom. The number of halogens is 4. The van der Waals surface area contributed by atoms with Gasteiger partial charge in [0.2, 0.25) is 0 Å². The third-order valence-corrected chi connectivity index (χ3v) is 3.57. The van der Waals surface area contributed by atoms with Crippen LogP contribution in [0.25, 0.3) is 0 Å². The number of hydrogen-bond acceptors (Lipinski definition) is 3. The smallest absolute Gasteiger partial charge is 0.416 e. The highest BCUT2D eigenvalue weighted by Gasteiger charge is 2.31. The standard InChI is InChI=1S/C18H15F4NO3/c1-26-17(25)15(9-11-4-2-7-14(19)8-11)23-16(24)12-5-3-6-13(10-12)18(20,21)22/h2-8,10,15H,9H2,1H3,(H,23,24)/t15-/m0/s1. The Morgan fingerprint density at radius 1 is 1.12 bits per heavy atom. The second-order valence-corrected chi connectivity index (χ2v) is 5.46. The van der Waals surface area contributed by atoms with E-state index < -0.39 is 35.5 Å². The molecule has 0 heterocycles. The van der Waals surface area contributed by atoms with Crippen LogP contribution < -0.4 is 5.32 Å². The Morgan fingerprint density at radius 3 is 2.42 bits per heavy atom. The third-order valence-electron chi connectivity index (χ3n) is 3.57. The van der Waals surface area contributed by atoms with Crippen molar-refractivity contribution in [2.45, 2.75) is 18.6 Å². The molecule has 0 saturated heterocycles. The van der Waals surface area contributed by atoms with Gasteiger partial charge in [0, 0.05) is 12.0 Å². The number of nitrogens with one attached hydrogen (secondary N) is 1. The van der Waals surface area contributed by atoms with Crippen molar-refractivity contribution in [3.05, 3.63) is 71.0 Å². The van der Waals surface area contributed by atoms with E-state index in [2.05, 4.69) is 10.1 Å². The van der Waals surface area contributed by atoms with Crippen LogP contribution in [0.15, 0.2) is 48.5 Å². The molecule has 138 valence electrons. The van der Waals surface area contributed by atoms with E-state index in [9.17, 15) is 27.2 Å². The maximum atomic E-state index is 13.3. The Kier molecular flexibility index (Phi) is 5.97. The summed E-state index contributed by atoms with van der Waals surface area (Å²) < 4.78 is 56.2. The number of esters is 1. The van der Waals surface area contributed by atoms with Gasteiger partial charge in [0.1, 0.15) is 11.9 Å². The fraction of sp³-hybridized carbons (Fsp3) is 0.222. The molecule has 0 aliphatic rings. The minimum absolute atomic E-state index is 0.0743. The van der Waals surface area contributed by atoms with E-state index in [1.54, 1.807) is 6.07 Å². The van der Waals surface area contributed by atoms with E-state index in [1.807, 2.05) is 0 Å². The van der Waals surface area contributed by atoms with Crippen LogP contribution in [0.3, 0.4) is 0 Å². The monoisotopic (exact) mass is 369 g/mol. The molecule has 1 atom stereocenters. The minimum Gasteiger partial charge on any atom is -0.467 e. The van der Waals surface area contributed by atoms with Gasteiger partial charge in [0.15, 0.2) is 0 Å². The number of amides is 1. The van der Waals surface area contributed by atoms with Crippen LogP contribution in [0, 0.1) is 5.82 Å². The van der Waals surface area contributed by atoms with Crippen molar-refractivity contribution in [3.8, 4) is 0 Å². The number of ether oxygens (including phenoxy) is 1. The first kappa shape index (κ1) is 19.4. The van der Waals surface area contributed by atoms with Crippen molar-refractivity contribution >= 4 is 11.9 Å². The Hall–Kier alpha value is -2.90. The maximum absolute atomic E-state index is 13.3. The van der Waals surface area contributed by atoms with Crippen molar-refractivity contribution in [1.82, 2.24) is 5.32 Å². The highest BCUT2D eigenvalue weighted by molar-refractivity contribution is 5.97. The Bertz CT molecular complexity index is 805. The SMILES string of the molecule is COC(=O)[C@H](Cc1cccc(F)c1)NC(=O)c1cccc(C(F)(F)F)c1. The summed E-state index contributed by atoms with van der Waals surface area (Å²) in [6, 6.07) is 8.03. The first-order valence-electron chi connectivity index (χ1n) is 7.51.